The Labute approximate surface area is 202 Å². The van der Waals surface area contributed by atoms with E-state index in [2.05, 4.69) is 34.8 Å². The van der Waals surface area contributed by atoms with E-state index in [4.69, 9.17) is 21.1 Å². The van der Waals surface area contributed by atoms with Gasteiger partial charge < -0.3 is 9.09 Å². The van der Waals surface area contributed by atoms with Crippen molar-refractivity contribution in [3.63, 3.8) is 0 Å². The van der Waals surface area contributed by atoms with Gasteiger partial charge in [-0.25, -0.2) is 9.37 Å². The van der Waals surface area contributed by atoms with Gasteiger partial charge in [0.15, 0.2) is 0 Å². The van der Waals surface area contributed by atoms with Crippen molar-refractivity contribution >= 4 is 34.4 Å². The molecule has 4 aromatic rings. The normalized spacial score (nSPS) is 15.9. The molecule has 0 saturated carbocycles. The summed E-state index contributed by atoms with van der Waals surface area (Å²) in [5.74, 6) is 3.97. The molecule has 1 atom stereocenters. The summed E-state index contributed by atoms with van der Waals surface area (Å²) in [4.78, 5) is 5.14. The molecule has 0 aliphatic carbocycles. The summed E-state index contributed by atoms with van der Waals surface area (Å²) < 4.78 is 21.9. The van der Waals surface area contributed by atoms with Gasteiger partial charge in [0, 0.05) is 17.5 Å². The Hall–Kier alpha value is -2.31. The van der Waals surface area contributed by atoms with Gasteiger partial charge in [0.2, 0.25) is 0 Å². The van der Waals surface area contributed by atoms with Crippen molar-refractivity contribution < 1.29 is 8.91 Å². The second-order valence-electron chi connectivity index (χ2n) is 8.94. The lowest BCUT2D eigenvalue weighted by atomic mass is 9.99. The average molecular weight is 484 g/mol. The number of benzene rings is 2. The third-order valence-corrected chi connectivity index (χ3v) is 7.92. The van der Waals surface area contributed by atoms with Gasteiger partial charge in [-0.2, -0.15) is 11.8 Å². The summed E-state index contributed by atoms with van der Waals surface area (Å²) in [5.41, 5.74) is 6.06. The van der Waals surface area contributed by atoms with Crippen LogP contribution < -0.4 is 0 Å². The number of thioether (sulfide) groups is 1. The number of aryl methyl sites for hydroxylation is 2. The van der Waals surface area contributed by atoms with E-state index < -0.39 is 0 Å². The molecule has 2 aromatic carbocycles. The lowest BCUT2D eigenvalue weighted by Crippen LogP contribution is -2.19. The molecule has 0 unspecified atom stereocenters. The van der Waals surface area contributed by atoms with Crippen molar-refractivity contribution in [3.8, 4) is 11.1 Å². The molecular formula is C26H27ClFN3OS. The smallest absolute Gasteiger partial charge is 0.142 e. The van der Waals surface area contributed by atoms with E-state index in [1.165, 1.54) is 0 Å². The molecule has 0 radical (unpaired) electrons. The molecular weight excluding hydrogens is 457 g/mol. The highest BCUT2D eigenvalue weighted by molar-refractivity contribution is 7.99. The quantitative estimate of drug-likeness (QED) is 0.294. The summed E-state index contributed by atoms with van der Waals surface area (Å²) in [5, 5.41) is 4.27. The van der Waals surface area contributed by atoms with Crippen LogP contribution >= 0.6 is 23.4 Å². The van der Waals surface area contributed by atoms with Crippen LogP contribution in [0, 0.1) is 19.7 Å². The number of hydrogen-bond donors (Lipinski definition) is 0. The Morgan fingerprint density at radius 1 is 1.18 bits per heavy atom. The fourth-order valence-corrected chi connectivity index (χ4v) is 6.15. The third-order valence-electron chi connectivity index (χ3n) is 6.56. The molecule has 2 aromatic heterocycles. The molecule has 33 heavy (non-hydrogen) atoms. The highest BCUT2D eigenvalue weighted by Crippen LogP contribution is 2.37. The predicted octanol–water partition coefficient (Wildman–Crippen LogP) is 7.51. The Balaban J connectivity index is 1.58. The van der Waals surface area contributed by atoms with Gasteiger partial charge in [-0.15, -0.1) is 0 Å². The Bertz CT molecular complexity index is 1290. The summed E-state index contributed by atoms with van der Waals surface area (Å²) in [7, 11) is 0. The zero-order valence-corrected chi connectivity index (χ0v) is 20.6. The highest BCUT2D eigenvalue weighted by Gasteiger charge is 2.25. The standard InChI is InChI=1S/C26H27ClFN3OS/c1-15(12-18-4-6-21(27)22(28)13-18)26-29-23-14-19(25-16(2)30-32-17(25)3)5-7-24(23)31(26)20-8-10-33-11-9-20/h4-7,13-15,20H,8-12H2,1-3H3/t15-/m1/s1. The maximum atomic E-state index is 14.0. The zero-order chi connectivity index (χ0) is 23.1. The molecule has 1 aliphatic heterocycles. The topological polar surface area (TPSA) is 43.9 Å². The number of hydrogen-bond acceptors (Lipinski definition) is 4. The van der Waals surface area contributed by atoms with E-state index in [0.29, 0.717) is 12.5 Å². The molecule has 4 nitrogen and oxygen atoms in total. The summed E-state index contributed by atoms with van der Waals surface area (Å²) in [6.45, 7) is 6.08. The molecule has 0 spiro atoms. The highest BCUT2D eigenvalue weighted by atomic mass is 35.5. The Morgan fingerprint density at radius 2 is 1.97 bits per heavy atom. The van der Waals surface area contributed by atoms with Crippen LogP contribution in [0.5, 0.6) is 0 Å². The SMILES string of the molecule is Cc1noc(C)c1-c1ccc2c(c1)nc([C@H](C)Cc1ccc(Cl)c(F)c1)n2C1CCSCC1. The van der Waals surface area contributed by atoms with Crippen LogP contribution in [0.2, 0.25) is 5.02 Å². The van der Waals surface area contributed by atoms with E-state index in [0.717, 1.165) is 69.3 Å². The van der Waals surface area contributed by atoms with Gasteiger partial charge in [-0.1, -0.05) is 35.8 Å². The van der Waals surface area contributed by atoms with Crippen molar-refractivity contribution in [2.24, 2.45) is 0 Å². The van der Waals surface area contributed by atoms with E-state index >= 15 is 0 Å². The fourth-order valence-electron chi connectivity index (χ4n) is 4.95. The molecule has 5 rings (SSSR count). The number of imidazole rings is 1. The van der Waals surface area contributed by atoms with E-state index in [-0.39, 0.29) is 16.8 Å². The van der Waals surface area contributed by atoms with Gasteiger partial charge >= 0.3 is 0 Å². The second kappa shape index (κ2) is 9.15. The van der Waals surface area contributed by atoms with Gasteiger partial charge in [-0.3, -0.25) is 0 Å². The minimum absolute atomic E-state index is 0.134. The van der Waals surface area contributed by atoms with Crippen molar-refractivity contribution in [2.75, 3.05) is 11.5 Å². The lowest BCUT2D eigenvalue weighted by molar-refractivity contribution is 0.393. The molecule has 1 fully saturated rings. The minimum Gasteiger partial charge on any atom is -0.361 e. The summed E-state index contributed by atoms with van der Waals surface area (Å²) in [6.07, 6.45) is 2.98. The second-order valence-corrected chi connectivity index (χ2v) is 10.6. The maximum Gasteiger partial charge on any atom is 0.142 e. The maximum absolute atomic E-state index is 14.0. The number of rotatable bonds is 5. The van der Waals surface area contributed by atoms with Crippen LogP contribution in [0.3, 0.4) is 0 Å². The zero-order valence-electron chi connectivity index (χ0n) is 19.1. The first kappa shape index (κ1) is 22.5. The Kier molecular flexibility index (Phi) is 6.23. The first-order chi connectivity index (χ1) is 15.9. The van der Waals surface area contributed by atoms with Crippen LogP contribution in [-0.2, 0) is 6.42 Å². The van der Waals surface area contributed by atoms with Gasteiger partial charge in [0.25, 0.3) is 0 Å². The van der Waals surface area contributed by atoms with E-state index in [1.54, 1.807) is 12.1 Å². The van der Waals surface area contributed by atoms with E-state index in [9.17, 15) is 4.39 Å². The largest absolute Gasteiger partial charge is 0.361 e. The fraction of sp³-hybridized carbons (Fsp3) is 0.385. The van der Waals surface area contributed by atoms with Crippen LogP contribution in [0.15, 0.2) is 40.9 Å². The molecule has 0 amide bonds. The first-order valence-corrected chi connectivity index (χ1v) is 12.9. The molecule has 0 bridgehead atoms. The number of fused-ring (bicyclic) bond motifs is 1. The molecule has 1 aliphatic rings. The van der Waals surface area contributed by atoms with Crippen molar-refractivity contribution in [3.05, 3.63) is 70.1 Å². The molecule has 0 N–H and O–H groups in total. The number of halogens is 2. The number of nitrogens with zero attached hydrogens (tertiary/aromatic N) is 3. The van der Waals surface area contributed by atoms with E-state index in [1.807, 2.05) is 31.7 Å². The Morgan fingerprint density at radius 3 is 2.67 bits per heavy atom. The monoisotopic (exact) mass is 483 g/mol. The number of aromatic nitrogens is 3. The molecule has 7 heteroatoms. The van der Waals surface area contributed by atoms with Gasteiger partial charge in [-0.05, 0) is 80.0 Å². The average Bonchev–Trinajstić information content (AvgIpc) is 3.36. The van der Waals surface area contributed by atoms with Crippen molar-refractivity contribution in [2.45, 2.75) is 52.0 Å². The lowest BCUT2D eigenvalue weighted by Gasteiger charge is -2.27. The van der Waals surface area contributed by atoms with Crippen molar-refractivity contribution in [1.29, 1.82) is 0 Å². The molecule has 1 saturated heterocycles. The summed E-state index contributed by atoms with van der Waals surface area (Å²) >= 11 is 7.91. The minimum atomic E-state index is -0.372. The predicted molar refractivity (Wildman–Crippen MR) is 134 cm³/mol. The van der Waals surface area contributed by atoms with Crippen molar-refractivity contribution in [1.82, 2.24) is 14.7 Å². The van der Waals surface area contributed by atoms with Crippen LogP contribution in [-0.4, -0.2) is 26.2 Å². The molecule has 3 heterocycles. The molecule has 172 valence electrons. The van der Waals surface area contributed by atoms with Crippen LogP contribution in [0.25, 0.3) is 22.2 Å². The third kappa shape index (κ3) is 4.31. The van der Waals surface area contributed by atoms with Gasteiger partial charge in [0.05, 0.1) is 21.7 Å². The van der Waals surface area contributed by atoms with Crippen LogP contribution in [0.1, 0.15) is 54.6 Å². The van der Waals surface area contributed by atoms with Gasteiger partial charge in [0.1, 0.15) is 17.4 Å². The first-order valence-electron chi connectivity index (χ1n) is 11.4. The summed E-state index contributed by atoms with van der Waals surface area (Å²) in [6, 6.07) is 12.0. The van der Waals surface area contributed by atoms with Crippen LogP contribution in [0.4, 0.5) is 4.39 Å².